The van der Waals surface area contributed by atoms with Crippen LogP contribution in [0.25, 0.3) is 22.0 Å². The molecule has 164 valence electrons. The number of nitrogens with one attached hydrogen (secondary N) is 1. The van der Waals surface area contributed by atoms with Crippen molar-refractivity contribution in [2.24, 2.45) is 5.92 Å². The van der Waals surface area contributed by atoms with Crippen LogP contribution in [-0.2, 0) is 17.8 Å². The number of benzene rings is 2. The van der Waals surface area contributed by atoms with E-state index in [2.05, 4.69) is 40.4 Å². The average Bonchev–Trinajstić information content (AvgIpc) is 3.53. The number of fused-ring (bicyclic) bond motifs is 1. The molecular formula is C25H26FN5O. The number of halogens is 1. The van der Waals surface area contributed by atoms with E-state index in [1.807, 2.05) is 34.2 Å². The quantitative estimate of drug-likeness (QED) is 0.491. The summed E-state index contributed by atoms with van der Waals surface area (Å²) in [5.41, 5.74) is 4.12. The highest BCUT2D eigenvalue weighted by atomic mass is 19.1. The molecule has 0 saturated carbocycles. The molecule has 2 aromatic carbocycles. The summed E-state index contributed by atoms with van der Waals surface area (Å²) in [6.07, 6.45) is 7.52. The van der Waals surface area contributed by atoms with Crippen molar-refractivity contribution in [2.75, 3.05) is 6.54 Å². The number of likely N-dealkylation sites (tertiary alicyclic amines) is 1. The molecule has 4 aromatic rings. The number of aromatic amines is 1. The van der Waals surface area contributed by atoms with Crippen molar-refractivity contribution in [3.8, 4) is 11.1 Å². The highest BCUT2D eigenvalue weighted by Gasteiger charge is 2.32. The second-order valence-corrected chi connectivity index (χ2v) is 8.71. The van der Waals surface area contributed by atoms with Gasteiger partial charge in [-0.25, -0.2) is 4.39 Å². The highest BCUT2D eigenvalue weighted by Crippen LogP contribution is 2.28. The van der Waals surface area contributed by atoms with Gasteiger partial charge in [-0.2, -0.15) is 10.2 Å². The van der Waals surface area contributed by atoms with Gasteiger partial charge < -0.3 is 4.90 Å². The predicted octanol–water partition coefficient (Wildman–Crippen LogP) is 4.44. The van der Waals surface area contributed by atoms with E-state index in [-0.39, 0.29) is 17.8 Å². The Labute approximate surface area is 186 Å². The van der Waals surface area contributed by atoms with Crippen LogP contribution in [0.1, 0.15) is 25.3 Å². The summed E-state index contributed by atoms with van der Waals surface area (Å²) in [4.78, 5) is 14.8. The first-order chi connectivity index (χ1) is 15.6. The van der Waals surface area contributed by atoms with Gasteiger partial charge in [0, 0.05) is 42.7 Å². The van der Waals surface area contributed by atoms with Gasteiger partial charge in [-0.1, -0.05) is 18.2 Å². The van der Waals surface area contributed by atoms with Crippen molar-refractivity contribution < 1.29 is 9.18 Å². The Kier molecular flexibility index (Phi) is 5.47. The number of rotatable bonds is 6. The Bertz CT molecular complexity index is 1230. The number of carbonyl (C=O) groups excluding carboxylic acids is 1. The van der Waals surface area contributed by atoms with Gasteiger partial charge in [0.25, 0.3) is 0 Å². The highest BCUT2D eigenvalue weighted by molar-refractivity contribution is 5.84. The zero-order valence-electron chi connectivity index (χ0n) is 18.0. The third kappa shape index (κ3) is 4.15. The molecule has 2 atom stereocenters. The number of carbonyl (C=O) groups is 1. The number of H-pyrrole nitrogens is 1. The van der Waals surface area contributed by atoms with Crippen LogP contribution in [0.15, 0.2) is 61.1 Å². The maximum absolute atomic E-state index is 13.4. The summed E-state index contributed by atoms with van der Waals surface area (Å²) < 4.78 is 15.4. The third-order valence-corrected chi connectivity index (χ3v) is 6.40. The second kappa shape index (κ2) is 8.57. The molecule has 1 amide bonds. The molecule has 32 heavy (non-hydrogen) atoms. The van der Waals surface area contributed by atoms with Gasteiger partial charge in [0.15, 0.2) is 0 Å². The molecule has 1 fully saturated rings. The zero-order valence-corrected chi connectivity index (χ0v) is 18.0. The summed E-state index contributed by atoms with van der Waals surface area (Å²) in [5, 5.41) is 12.6. The normalized spacial score (nSPS) is 18.5. The molecule has 1 aliphatic heterocycles. The number of hydrogen-bond acceptors (Lipinski definition) is 3. The number of hydrogen-bond donors (Lipinski definition) is 1. The Morgan fingerprint density at radius 1 is 1.19 bits per heavy atom. The van der Waals surface area contributed by atoms with Gasteiger partial charge in [0.1, 0.15) is 5.82 Å². The number of nitrogens with zero attached hydrogens (tertiary/aromatic N) is 4. The number of aryl methyl sites for hydroxylation is 1. The monoisotopic (exact) mass is 431 g/mol. The van der Waals surface area contributed by atoms with E-state index < -0.39 is 0 Å². The van der Waals surface area contributed by atoms with Crippen molar-refractivity contribution in [3.63, 3.8) is 0 Å². The summed E-state index contributed by atoms with van der Waals surface area (Å²) in [7, 11) is 0. The maximum Gasteiger partial charge on any atom is 0.223 e. The van der Waals surface area contributed by atoms with Crippen molar-refractivity contribution >= 4 is 16.8 Å². The van der Waals surface area contributed by atoms with Crippen LogP contribution in [0, 0.1) is 11.7 Å². The fraction of sp³-hybridized carbons (Fsp3) is 0.320. The fourth-order valence-electron chi connectivity index (χ4n) is 4.77. The Hall–Kier alpha value is -3.48. The van der Waals surface area contributed by atoms with E-state index in [4.69, 9.17) is 0 Å². The molecular weight excluding hydrogens is 405 g/mol. The minimum Gasteiger partial charge on any atom is -0.340 e. The van der Waals surface area contributed by atoms with E-state index in [0.29, 0.717) is 18.8 Å². The van der Waals surface area contributed by atoms with E-state index in [0.717, 1.165) is 47.1 Å². The van der Waals surface area contributed by atoms with Crippen molar-refractivity contribution in [3.05, 3.63) is 72.4 Å². The van der Waals surface area contributed by atoms with Crippen molar-refractivity contribution in [1.29, 1.82) is 0 Å². The van der Waals surface area contributed by atoms with Crippen LogP contribution in [0.4, 0.5) is 4.39 Å². The molecule has 0 spiro atoms. The number of amides is 1. The van der Waals surface area contributed by atoms with Crippen LogP contribution in [-0.4, -0.2) is 43.4 Å². The molecule has 1 aliphatic rings. The summed E-state index contributed by atoms with van der Waals surface area (Å²) in [6.45, 7) is 3.63. The van der Waals surface area contributed by atoms with Crippen molar-refractivity contribution in [1.82, 2.24) is 24.9 Å². The first kappa shape index (κ1) is 20.4. The van der Waals surface area contributed by atoms with Gasteiger partial charge in [-0.15, -0.1) is 0 Å². The largest absolute Gasteiger partial charge is 0.340 e. The maximum atomic E-state index is 13.4. The molecule has 0 radical (unpaired) electrons. The SMILES string of the molecule is C[C@@H]1C[C@H](Cn2ncc3cc(-c4cn[nH]c4)ccc32)CN1C(=O)CCc1cccc(F)c1. The molecule has 3 heterocycles. The van der Waals surface area contributed by atoms with Gasteiger partial charge in [0.2, 0.25) is 5.91 Å². The topological polar surface area (TPSA) is 66.8 Å². The van der Waals surface area contributed by atoms with E-state index in [1.165, 1.54) is 12.1 Å². The summed E-state index contributed by atoms with van der Waals surface area (Å²) in [6, 6.07) is 13.0. The summed E-state index contributed by atoms with van der Waals surface area (Å²) in [5.74, 6) is 0.243. The van der Waals surface area contributed by atoms with Crippen LogP contribution >= 0.6 is 0 Å². The first-order valence-electron chi connectivity index (χ1n) is 11.1. The molecule has 5 rings (SSSR count). The van der Waals surface area contributed by atoms with Gasteiger partial charge in [-0.3, -0.25) is 14.6 Å². The lowest BCUT2D eigenvalue weighted by Crippen LogP contribution is -2.34. The van der Waals surface area contributed by atoms with Crippen LogP contribution in [0.2, 0.25) is 0 Å². The van der Waals surface area contributed by atoms with E-state index in [1.54, 1.807) is 6.07 Å². The Morgan fingerprint density at radius 3 is 2.91 bits per heavy atom. The first-order valence-corrected chi connectivity index (χ1v) is 11.1. The van der Waals surface area contributed by atoms with Crippen LogP contribution < -0.4 is 0 Å². The predicted molar refractivity (Wildman–Crippen MR) is 121 cm³/mol. The Balaban J connectivity index is 1.23. The zero-order chi connectivity index (χ0) is 22.1. The average molecular weight is 432 g/mol. The molecule has 6 nitrogen and oxygen atoms in total. The minimum absolute atomic E-state index is 0.138. The summed E-state index contributed by atoms with van der Waals surface area (Å²) >= 11 is 0. The van der Waals surface area contributed by atoms with Gasteiger partial charge in [0.05, 0.1) is 17.9 Å². The van der Waals surface area contributed by atoms with Crippen LogP contribution in [0.3, 0.4) is 0 Å². The van der Waals surface area contributed by atoms with Gasteiger partial charge >= 0.3 is 0 Å². The molecule has 0 unspecified atom stereocenters. The molecule has 0 bridgehead atoms. The minimum atomic E-state index is -0.257. The lowest BCUT2D eigenvalue weighted by molar-refractivity contribution is -0.131. The number of aromatic nitrogens is 4. The van der Waals surface area contributed by atoms with E-state index in [9.17, 15) is 9.18 Å². The molecule has 7 heteroatoms. The lowest BCUT2D eigenvalue weighted by Gasteiger charge is -2.21. The smallest absolute Gasteiger partial charge is 0.223 e. The molecule has 2 aromatic heterocycles. The molecule has 1 saturated heterocycles. The second-order valence-electron chi connectivity index (χ2n) is 8.71. The molecule has 0 aliphatic carbocycles. The van der Waals surface area contributed by atoms with E-state index >= 15 is 0 Å². The fourth-order valence-corrected chi connectivity index (χ4v) is 4.77. The molecule has 1 N–H and O–H groups in total. The standard InChI is InChI=1S/C25H26FN5O/c1-17-9-19(15-30(17)25(32)8-5-18-3-2-4-23(26)10-18)16-31-24-7-6-20(11-21(24)14-29-31)22-12-27-28-13-22/h2-4,6-7,10-14,17,19H,5,8-9,15-16H2,1H3,(H,27,28)/t17-,19+/m1/s1. The van der Waals surface area contributed by atoms with Gasteiger partial charge in [-0.05, 0) is 61.1 Å². The Morgan fingerprint density at radius 2 is 2.09 bits per heavy atom. The van der Waals surface area contributed by atoms with Crippen LogP contribution in [0.5, 0.6) is 0 Å². The lowest BCUT2D eigenvalue weighted by atomic mass is 10.1. The third-order valence-electron chi connectivity index (χ3n) is 6.40. The van der Waals surface area contributed by atoms with Crippen molar-refractivity contribution in [2.45, 2.75) is 38.8 Å².